The molecule has 0 aromatic carbocycles. The van der Waals surface area contributed by atoms with Crippen molar-refractivity contribution in [2.75, 3.05) is 125 Å². The molecule has 328 valence electrons. The first kappa shape index (κ1) is 51.2. The maximum atomic E-state index is 12.5. The Morgan fingerprint density at radius 3 is 1.49 bits per heavy atom. The molecule has 1 rings (SSSR count). The molecule has 57 heavy (non-hydrogen) atoms. The number of hydrogen-bond acceptors (Lipinski definition) is 15. The van der Waals surface area contributed by atoms with Crippen LogP contribution in [0.4, 0.5) is 4.79 Å². The first-order valence-corrected chi connectivity index (χ1v) is 19.2. The van der Waals surface area contributed by atoms with Crippen LogP contribution in [0.1, 0.15) is 39.5 Å². The van der Waals surface area contributed by atoms with Crippen molar-refractivity contribution < 1.29 is 71.8 Å². The minimum Gasteiger partial charge on any atom is -0.379 e. The number of urea groups is 1. The van der Waals surface area contributed by atoms with Gasteiger partial charge in [0.25, 0.3) is 11.8 Å². The number of aliphatic hydroxyl groups excluding tert-OH is 1. The SMILES string of the molecule is CC(C)C(NC(=O)CCOCCOCCOCCOCCOCCOCCOCCOCCNC(=O)CCN1C(=O)C=CC1=O)C(=O)NC(O)CCCNC(N)=O. The van der Waals surface area contributed by atoms with Gasteiger partial charge in [-0.25, -0.2) is 4.79 Å². The molecule has 0 saturated carbocycles. The third-order valence-corrected chi connectivity index (χ3v) is 7.64. The molecule has 1 aliphatic heterocycles. The summed E-state index contributed by atoms with van der Waals surface area (Å²) in [6, 6.07) is -1.49. The van der Waals surface area contributed by atoms with Gasteiger partial charge in [0.1, 0.15) is 12.3 Å². The Balaban J connectivity index is 1.80. The average molecular weight is 821 g/mol. The zero-order valence-corrected chi connectivity index (χ0v) is 33.3. The molecule has 1 aliphatic rings. The largest absolute Gasteiger partial charge is 0.379 e. The molecule has 7 amide bonds. The smallest absolute Gasteiger partial charge is 0.312 e. The average Bonchev–Trinajstić information content (AvgIpc) is 3.49. The van der Waals surface area contributed by atoms with Gasteiger partial charge in [-0.2, -0.15) is 0 Å². The highest BCUT2D eigenvalue weighted by molar-refractivity contribution is 6.13. The van der Waals surface area contributed by atoms with E-state index in [0.29, 0.717) is 112 Å². The van der Waals surface area contributed by atoms with E-state index in [9.17, 15) is 33.9 Å². The number of hydrogen-bond donors (Lipinski definition) is 6. The van der Waals surface area contributed by atoms with Gasteiger partial charge in [-0.05, 0) is 18.8 Å². The van der Waals surface area contributed by atoms with Gasteiger partial charge in [0, 0.05) is 44.6 Å². The van der Waals surface area contributed by atoms with Gasteiger partial charge in [-0.1, -0.05) is 13.8 Å². The molecule has 2 unspecified atom stereocenters. The molecule has 21 nitrogen and oxygen atoms in total. The van der Waals surface area contributed by atoms with Crippen LogP contribution in [-0.4, -0.2) is 183 Å². The normalized spacial score (nSPS) is 13.6. The van der Waals surface area contributed by atoms with Crippen LogP contribution in [0.15, 0.2) is 12.2 Å². The molecule has 0 aliphatic carbocycles. The molecule has 7 N–H and O–H groups in total. The zero-order chi connectivity index (χ0) is 41.9. The summed E-state index contributed by atoms with van der Waals surface area (Å²) in [5.41, 5.74) is 4.98. The van der Waals surface area contributed by atoms with Gasteiger partial charge in [-0.15, -0.1) is 0 Å². The molecule has 0 saturated heterocycles. The predicted octanol–water partition coefficient (Wildman–Crippen LogP) is -2.04. The first-order chi connectivity index (χ1) is 27.5. The van der Waals surface area contributed by atoms with E-state index in [0.717, 1.165) is 4.90 Å². The van der Waals surface area contributed by atoms with Crippen LogP contribution in [0.2, 0.25) is 0 Å². The van der Waals surface area contributed by atoms with Crippen molar-refractivity contribution in [1.82, 2.24) is 26.2 Å². The number of aliphatic hydroxyl groups is 1. The quantitative estimate of drug-likeness (QED) is 0.0223. The lowest BCUT2D eigenvalue weighted by molar-refractivity contribution is -0.137. The molecule has 0 radical (unpaired) electrons. The summed E-state index contributed by atoms with van der Waals surface area (Å²) in [6.45, 7) is 10.1. The third kappa shape index (κ3) is 29.1. The maximum Gasteiger partial charge on any atom is 0.312 e. The fraction of sp³-hybridized carbons (Fsp3) is 0.778. The highest BCUT2D eigenvalue weighted by Gasteiger charge is 2.26. The van der Waals surface area contributed by atoms with E-state index < -0.39 is 36.0 Å². The van der Waals surface area contributed by atoms with Crippen LogP contribution in [-0.2, 0) is 61.9 Å². The van der Waals surface area contributed by atoms with Crippen molar-refractivity contribution in [3.05, 3.63) is 12.2 Å². The van der Waals surface area contributed by atoms with E-state index in [1.54, 1.807) is 13.8 Å². The summed E-state index contributed by atoms with van der Waals surface area (Å²) in [6.07, 6.45) is 1.96. The number of carbonyl (C=O) groups excluding carboxylic acids is 6. The monoisotopic (exact) mass is 820 g/mol. The zero-order valence-electron chi connectivity index (χ0n) is 33.3. The molecular formula is C36H64N6O15. The summed E-state index contributed by atoms with van der Waals surface area (Å²) in [7, 11) is 0. The minimum atomic E-state index is -1.12. The van der Waals surface area contributed by atoms with E-state index in [-0.39, 0.29) is 56.7 Å². The number of nitrogens with zero attached hydrogens (tertiary/aromatic N) is 1. The van der Waals surface area contributed by atoms with Crippen LogP contribution >= 0.6 is 0 Å². The molecule has 1 heterocycles. The van der Waals surface area contributed by atoms with E-state index >= 15 is 0 Å². The van der Waals surface area contributed by atoms with E-state index in [2.05, 4.69) is 21.3 Å². The number of primary amides is 1. The van der Waals surface area contributed by atoms with Crippen molar-refractivity contribution in [1.29, 1.82) is 0 Å². The van der Waals surface area contributed by atoms with Crippen LogP contribution in [0.3, 0.4) is 0 Å². The van der Waals surface area contributed by atoms with Crippen LogP contribution < -0.4 is 27.0 Å². The summed E-state index contributed by atoms with van der Waals surface area (Å²) in [5, 5.41) is 20.2. The topological polar surface area (TPSA) is 274 Å². The Labute approximate surface area is 334 Å². The molecular weight excluding hydrogens is 756 g/mol. The summed E-state index contributed by atoms with van der Waals surface area (Å²) in [4.78, 5) is 71.3. The minimum absolute atomic E-state index is 0.0376. The van der Waals surface area contributed by atoms with E-state index in [4.69, 9.17) is 43.6 Å². The summed E-state index contributed by atoms with van der Waals surface area (Å²) >= 11 is 0. The number of nitrogens with one attached hydrogen (secondary N) is 4. The second kappa shape index (κ2) is 34.3. The molecule has 0 fully saturated rings. The highest BCUT2D eigenvalue weighted by atomic mass is 16.6. The van der Waals surface area contributed by atoms with Gasteiger partial charge in [0.2, 0.25) is 17.7 Å². The molecule has 0 aromatic heterocycles. The van der Waals surface area contributed by atoms with Gasteiger partial charge in [0.15, 0.2) is 0 Å². The lowest BCUT2D eigenvalue weighted by Gasteiger charge is -2.23. The summed E-state index contributed by atoms with van der Waals surface area (Å²) in [5.74, 6) is -2.16. The van der Waals surface area contributed by atoms with Crippen LogP contribution in [0.5, 0.6) is 0 Å². The number of amides is 7. The number of rotatable bonds is 38. The molecule has 0 aromatic rings. The van der Waals surface area contributed by atoms with Gasteiger partial charge in [0.05, 0.1) is 106 Å². The number of ether oxygens (including phenoxy) is 8. The second-order valence-corrected chi connectivity index (χ2v) is 12.7. The number of carbonyl (C=O) groups is 6. The first-order valence-electron chi connectivity index (χ1n) is 19.2. The number of imide groups is 1. The highest BCUT2D eigenvalue weighted by Crippen LogP contribution is 2.05. The molecule has 2 atom stereocenters. The third-order valence-electron chi connectivity index (χ3n) is 7.64. The van der Waals surface area contributed by atoms with Crippen LogP contribution in [0.25, 0.3) is 0 Å². The van der Waals surface area contributed by atoms with Crippen molar-refractivity contribution in [2.45, 2.75) is 51.8 Å². The Kier molecular flexibility index (Phi) is 30.8. The van der Waals surface area contributed by atoms with Crippen molar-refractivity contribution in [2.24, 2.45) is 11.7 Å². The van der Waals surface area contributed by atoms with Gasteiger partial charge in [-0.3, -0.25) is 28.9 Å². The van der Waals surface area contributed by atoms with E-state index in [1.165, 1.54) is 12.2 Å². The van der Waals surface area contributed by atoms with Crippen molar-refractivity contribution in [3.8, 4) is 0 Å². The van der Waals surface area contributed by atoms with Gasteiger partial charge >= 0.3 is 6.03 Å². The fourth-order valence-electron chi connectivity index (χ4n) is 4.64. The Bertz CT molecular complexity index is 1160. The Morgan fingerprint density at radius 1 is 0.614 bits per heavy atom. The maximum absolute atomic E-state index is 12.5. The fourth-order valence-corrected chi connectivity index (χ4v) is 4.64. The van der Waals surface area contributed by atoms with Crippen LogP contribution in [0, 0.1) is 5.92 Å². The lowest BCUT2D eigenvalue weighted by atomic mass is 10.0. The van der Waals surface area contributed by atoms with Crippen molar-refractivity contribution in [3.63, 3.8) is 0 Å². The number of nitrogens with two attached hydrogens (primary N) is 1. The molecule has 0 bridgehead atoms. The Morgan fingerprint density at radius 2 is 1.05 bits per heavy atom. The lowest BCUT2D eigenvalue weighted by Crippen LogP contribution is -2.52. The molecule has 21 heteroatoms. The second-order valence-electron chi connectivity index (χ2n) is 12.7. The Hall–Kier alpha value is -3.80. The predicted molar refractivity (Wildman–Crippen MR) is 202 cm³/mol. The van der Waals surface area contributed by atoms with Crippen molar-refractivity contribution >= 4 is 35.6 Å². The van der Waals surface area contributed by atoms with Gasteiger partial charge < -0.3 is 70.0 Å². The van der Waals surface area contributed by atoms with E-state index in [1.807, 2.05) is 0 Å². The molecule has 0 spiro atoms. The summed E-state index contributed by atoms with van der Waals surface area (Å²) < 4.78 is 43.5. The standard InChI is InChI=1S/C36H64N6O15/c1-28(2)34(35(48)41-30(44)4-3-9-39-36(37)49)40-31(45)8-12-50-14-16-52-18-20-54-22-24-56-26-27-57-25-23-55-21-19-53-17-15-51-13-10-38-29(43)7-11-42-32(46)5-6-33(42)47/h5-6,28,30,34,44H,3-4,7-27H2,1-2H3,(H,38,43)(H,40,45)(H,41,48)(H3,37,39,49).